The zero-order valence-electron chi connectivity index (χ0n) is 18.1. The standard InChI is InChI=1S/C24H29N5OS2/c30-21(6-8-27-16-9-14-11-26-12-15(14)10-16)29-24-22(17-5-7-25-13-20(17)32-24)23-28-18-3-1-2-4-19(18)31-23/h1-4,14-16,25-27H,5-13H2,(H,29,30)/t14-,15?,16-/m1/s1. The van der Waals surface area contributed by atoms with Crippen molar-refractivity contribution in [2.75, 3.05) is 31.5 Å². The van der Waals surface area contributed by atoms with Crippen LogP contribution in [0.15, 0.2) is 24.3 Å². The van der Waals surface area contributed by atoms with Gasteiger partial charge in [-0.25, -0.2) is 4.98 Å². The number of amides is 1. The monoisotopic (exact) mass is 467 g/mol. The molecule has 2 aliphatic heterocycles. The second-order valence-electron chi connectivity index (χ2n) is 9.22. The van der Waals surface area contributed by atoms with Crippen molar-refractivity contribution in [3.63, 3.8) is 0 Å². The Balaban J connectivity index is 1.16. The maximum atomic E-state index is 12.9. The van der Waals surface area contributed by atoms with E-state index in [1.165, 1.54) is 28.0 Å². The largest absolute Gasteiger partial charge is 0.317 e. The number of hydrogen-bond acceptors (Lipinski definition) is 7. The minimum atomic E-state index is 0.0891. The zero-order chi connectivity index (χ0) is 21.5. The number of nitrogens with one attached hydrogen (secondary N) is 4. The van der Waals surface area contributed by atoms with Crippen LogP contribution in [0, 0.1) is 11.8 Å². The van der Waals surface area contributed by atoms with Crippen LogP contribution in [-0.4, -0.2) is 43.1 Å². The predicted molar refractivity (Wildman–Crippen MR) is 132 cm³/mol. The third-order valence-corrected chi connectivity index (χ3v) is 9.33. The fraction of sp³-hybridized carbons (Fsp3) is 0.500. The number of rotatable bonds is 6. The van der Waals surface area contributed by atoms with Crippen LogP contribution >= 0.6 is 22.7 Å². The maximum Gasteiger partial charge on any atom is 0.226 e. The van der Waals surface area contributed by atoms with E-state index in [1.54, 1.807) is 22.7 Å². The summed E-state index contributed by atoms with van der Waals surface area (Å²) in [7, 11) is 0. The molecular weight excluding hydrogens is 438 g/mol. The highest BCUT2D eigenvalue weighted by Gasteiger charge is 2.36. The minimum absolute atomic E-state index is 0.0891. The lowest BCUT2D eigenvalue weighted by atomic mass is 10.0. The van der Waals surface area contributed by atoms with E-state index in [9.17, 15) is 4.79 Å². The van der Waals surface area contributed by atoms with E-state index in [2.05, 4.69) is 39.5 Å². The summed E-state index contributed by atoms with van der Waals surface area (Å²) in [5.41, 5.74) is 3.52. The Hall–Kier alpha value is -1.84. The van der Waals surface area contributed by atoms with Gasteiger partial charge in [0.25, 0.3) is 0 Å². The van der Waals surface area contributed by atoms with Crippen LogP contribution in [0.4, 0.5) is 5.00 Å². The smallest absolute Gasteiger partial charge is 0.226 e. The highest BCUT2D eigenvalue weighted by Crippen LogP contribution is 2.44. The quantitative estimate of drug-likeness (QED) is 0.446. The summed E-state index contributed by atoms with van der Waals surface area (Å²) in [6, 6.07) is 8.84. The van der Waals surface area contributed by atoms with Crippen molar-refractivity contribution in [2.45, 2.75) is 38.3 Å². The molecule has 4 N–H and O–H groups in total. The predicted octanol–water partition coefficient (Wildman–Crippen LogP) is 3.59. The fourth-order valence-corrected chi connectivity index (χ4v) is 7.88. The van der Waals surface area contributed by atoms with Gasteiger partial charge in [-0.05, 0) is 68.4 Å². The van der Waals surface area contributed by atoms with Crippen molar-refractivity contribution in [3.8, 4) is 10.6 Å². The molecule has 8 heteroatoms. The summed E-state index contributed by atoms with van der Waals surface area (Å²) in [5, 5.41) is 15.8. The second kappa shape index (κ2) is 8.83. The number of carbonyl (C=O) groups is 1. The van der Waals surface area contributed by atoms with Gasteiger partial charge in [0, 0.05) is 36.0 Å². The Bertz CT molecular complexity index is 1090. The first-order valence-electron chi connectivity index (χ1n) is 11.7. The topological polar surface area (TPSA) is 78.1 Å². The molecule has 4 heterocycles. The molecule has 6 rings (SSSR count). The normalized spacial score (nSPS) is 24.6. The maximum absolute atomic E-state index is 12.9. The summed E-state index contributed by atoms with van der Waals surface area (Å²) in [4.78, 5) is 19.1. The zero-order valence-corrected chi connectivity index (χ0v) is 19.7. The van der Waals surface area contributed by atoms with E-state index in [0.717, 1.165) is 72.1 Å². The summed E-state index contributed by atoms with van der Waals surface area (Å²) < 4.78 is 1.19. The van der Waals surface area contributed by atoms with Gasteiger partial charge in [0.15, 0.2) is 0 Å². The van der Waals surface area contributed by atoms with Gasteiger partial charge < -0.3 is 21.3 Å². The number of para-hydroxylation sites is 1. The van der Waals surface area contributed by atoms with Gasteiger partial charge in [0.05, 0.1) is 10.2 Å². The van der Waals surface area contributed by atoms with Crippen LogP contribution in [-0.2, 0) is 17.8 Å². The van der Waals surface area contributed by atoms with Crippen molar-refractivity contribution < 1.29 is 4.79 Å². The first-order chi connectivity index (χ1) is 15.7. The van der Waals surface area contributed by atoms with Gasteiger partial charge in [-0.1, -0.05) is 12.1 Å². The van der Waals surface area contributed by atoms with Crippen LogP contribution < -0.4 is 21.3 Å². The van der Waals surface area contributed by atoms with Gasteiger partial charge in [0.2, 0.25) is 5.91 Å². The van der Waals surface area contributed by atoms with Crippen LogP contribution in [0.5, 0.6) is 0 Å². The van der Waals surface area contributed by atoms with Gasteiger partial charge in [-0.15, -0.1) is 22.7 Å². The molecule has 0 bridgehead atoms. The molecule has 3 aromatic rings. The van der Waals surface area contributed by atoms with Gasteiger partial charge in [-0.2, -0.15) is 0 Å². The Morgan fingerprint density at radius 1 is 1.12 bits per heavy atom. The molecule has 3 aliphatic rings. The summed E-state index contributed by atoms with van der Waals surface area (Å²) >= 11 is 3.43. The molecule has 0 spiro atoms. The van der Waals surface area contributed by atoms with Crippen LogP contribution in [0.25, 0.3) is 20.8 Å². The van der Waals surface area contributed by atoms with Crippen molar-refractivity contribution >= 4 is 43.8 Å². The Kier molecular flexibility index (Phi) is 5.73. The SMILES string of the molecule is O=C(CCN[C@H]1CC2CNC[C@H]2C1)Nc1sc2c(c1-c1nc3ccccc3s1)CCNC2. The molecule has 6 nitrogen and oxygen atoms in total. The highest BCUT2D eigenvalue weighted by atomic mass is 32.1. The molecule has 3 atom stereocenters. The van der Waals surface area contributed by atoms with Crippen molar-refractivity contribution in [1.82, 2.24) is 20.9 Å². The lowest BCUT2D eigenvalue weighted by Gasteiger charge is -2.14. The third-order valence-electron chi connectivity index (χ3n) is 7.13. The van der Waals surface area contributed by atoms with E-state index in [0.29, 0.717) is 12.5 Å². The lowest BCUT2D eigenvalue weighted by Crippen LogP contribution is -2.31. The average molecular weight is 468 g/mol. The molecule has 0 radical (unpaired) electrons. The van der Waals surface area contributed by atoms with Gasteiger partial charge in [-0.3, -0.25) is 4.79 Å². The average Bonchev–Trinajstić information content (AvgIpc) is 3.54. The lowest BCUT2D eigenvalue weighted by molar-refractivity contribution is -0.116. The number of hydrogen-bond donors (Lipinski definition) is 4. The third kappa shape index (κ3) is 3.99. The fourth-order valence-electron chi connectivity index (χ4n) is 5.54. The molecule has 1 saturated carbocycles. The number of benzene rings is 1. The Morgan fingerprint density at radius 3 is 2.81 bits per heavy atom. The number of anilines is 1. The Labute approximate surface area is 196 Å². The first kappa shape index (κ1) is 20.7. The summed E-state index contributed by atoms with van der Waals surface area (Å²) in [6.07, 6.45) is 3.97. The van der Waals surface area contributed by atoms with Crippen LogP contribution in [0.1, 0.15) is 29.7 Å². The molecule has 1 saturated heterocycles. The molecule has 1 amide bonds. The highest BCUT2D eigenvalue weighted by molar-refractivity contribution is 7.22. The first-order valence-corrected chi connectivity index (χ1v) is 13.3. The number of carbonyl (C=O) groups excluding carboxylic acids is 1. The Morgan fingerprint density at radius 2 is 1.97 bits per heavy atom. The number of thiophene rings is 1. The van der Waals surface area contributed by atoms with E-state index in [-0.39, 0.29) is 5.91 Å². The van der Waals surface area contributed by atoms with E-state index < -0.39 is 0 Å². The van der Waals surface area contributed by atoms with Crippen LogP contribution in [0.3, 0.4) is 0 Å². The van der Waals surface area contributed by atoms with E-state index in [4.69, 9.17) is 4.98 Å². The number of nitrogens with zero attached hydrogens (tertiary/aromatic N) is 1. The molecule has 2 aromatic heterocycles. The molecule has 1 aliphatic carbocycles. The van der Waals surface area contributed by atoms with Crippen molar-refractivity contribution in [2.24, 2.45) is 11.8 Å². The number of thiazole rings is 1. The number of aromatic nitrogens is 1. The molecular formula is C24H29N5OS2. The summed E-state index contributed by atoms with van der Waals surface area (Å²) in [6.45, 7) is 4.91. The van der Waals surface area contributed by atoms with E-state index in [1.807, 2.05) is 6.07 Å². The van der Waals surface area contributed by atoms with Crippen LogP contribution in [0.2, 0.25) is 0 Å². The molecule has 1 unspecified atom stereocenters. The molecule has 2 fully saturated rings. The summed E-state index contributed by atoms with van der Waals surface area (Å²) in [5.74, 6) is 1.73. The number of fused-ring (bicyclic) bond motifs is 3. The second-order valence-corrected chi connectivity index (χ2v) is 11.4. The van der Waals surface area contributed by atoms with Crippen molar-refractivity contribution in [1.29, 1.82) is 0 Å². The van der Waals surface area contributed by atoms with Gasteiger partial charge >= 0.3 is 0 Å². The minimum Gasteiger partial charge on any atom is -0.317 e. The van der Waals surface area contributed by atoms with Gasteiger partial charge in [0.1, 0.15) is 10.0 Å². The molecule has 32 heavy (non-hydrogen) atoms. The molecule has 1 aromatic carbocycles. The molecule has 168 valence electrons. The van der Waals surface area contributed by atoms with Crippen molar-refractivity contribution in [3.05, 3.63) is 34.7 Å². The van der Waals surface area contributed by atoms with E-state index >= 15 is 0 Å².